The molecule has 1 aliphatic carbocycles. The van der Waals surface area contributed by atoms with Crippen molar-refractivity contribution < 1.29 is 0 Å². The van der Waals surface area contributed by atoms with Crippen LogP contribution in [0.25, 0.3) is 0 Å². The Morgan fingerprint density at radius 3 is 2.26 bits per heavy atom. The quantitative estimate of drug-likeness (QED) is 0.319. The van der Waals surface area contributed by atoms with Gasteiger partial charge in [-0.2, -0.15) is 0 Å². The van der Waals surface area contributed by atoms with Gasteiger partial charge in [0.25, 0.3) is 0 Å². The van der Waals surface area contributed by atoms with E-state index in [-0.39, 0.29) is 0 Å². The SMILES string of the molecule is CC=C(CCCC(C)CCC)C1(C)C(C)C1CCCC(C)CC. The second kappa shape index (κ2) is 9.90. The van der Waals surface area contributed by atoms with E-state index >= 15 is 0 Å². The zero-order valence-corrected chi connectivity index (χ0v) is 17.3. The molecule has 0 radical (unpaired) electrons. The Kier molecular flexibility index (Phi) is 8.94. The van der Waals surface area contributed by atoms with Gasteiger partial charge >= 0.3 is 0 Å². The van der Waals surface area contributed by atoms with E-state index in [2.05, 4.69) is 54.5 Å². The zero-order chi connectivity index (χ0) is 17.5. The molecule has 0 nitrogen and oxygen atoms in total. The second-order valence-electron chi connectivity index (χ2n) is 8.72. The highest BCUT2D eigenvalue weighted by Gasteiger charge is 2.58. The van der Waals surface area contributed by atoms with Crippen LogP contribution >= 0.6 is 0 Å². The normalized spacial score (nSPS) is 30.3. The fourth-order valence-electron chi connectivity index (χ4n) is 4.81. The summed E-state index contributed by atoms with van der Waals surface area (Å²) in [5.41, 5.74) is 2.29. The molecule has 1 fully saturated rings. The first-order chi connectivity index (χ1) is 10.9. The van der Waals surface area contributed by atoms with E-state index in [1.807, 2.05) is 0 Å². The summed E-state index contributed by atoms with van der Waals surface area (Å²) in [5.74, 6) is 3.68. The lowest BCUT2D eigenvalue weighted by Crippen LogP contribution is -2.06. The molecule has 0 aromatic rings. The Morgan fingerprint density at radius 2 is 1.70 bits per heavy atom. The first kappa shape index (κ1) is 20.8. The van der Waals surface area contributed by atoms with E-state index < -0.39 is 0 Å². The molecule has 0 saturated heterocycles. The van der Waals surface area contributed by atoms with Crippen LogP contribution in [0.3, 0.4) is 0 Å². The standard InChI is InChI=1S/C23H44/c1-8-13-19(5)15-11-16-21(10-3)23(7)20(6)22(23)17-12-14-18(4)9-2/h10,18-20,22H,8-9,11-17H2,1-7H3. The van der Waals surface area contributed by atoms with Gasteiger partial charge in [0.15, 0.2) is 0 Å². The highest BCUT2D eigenvalue weighted by Crippen LogP contribution is 2.65. The molecule has 1 rings (SSSR count). The van der Waals surface area contributed by atoms with Gasteiger partial charge in [0.1, 0.15) is 0 Å². The maximum Gasteiger partial charge on any atom is -0.00568 e. The molecule has 0 aromatic heterocycles. The molecule has 0 bridgehead atoms. The lowest BCUT2D eigenvalue weighted by Gasteiger charge is -2.19. The predicted molar refractivity (Wildman–Crippen MR) is 106 cm³/mol. The van der Waals surface area contributed by atoms with E-state index in [1.165, 1.54) is 57.8 Å². The van der Waals surface area contributed by atoms with Gasteiger partial charge in [-0.3, -0.25) is 0 Å². The van der Waals surface area contributed by atoms with Crippen molar-refractivity contribution in [3.63, 3.8) is 0 Å². The molecule has 5 atom stereocenters. The fraction of sp³-hybridized carbons (Fsp3) is 0.913. The van der Waals surface area contributed by atoms with Crippen LogP contribution in [0.2, 0.25) is 0 Å². The number of hydrogen-bond acceptors (Lipinski definition) is 0. The number of rotatable bonds is 12. The van der Waals surface area contributed by atoms with Crippen molar-refractivity contribution in [1.29, 1.82) is 0 Å². The fourth-order valence-corrected chi connectivity index (χ4v) is 4.81. The van der Waals surface area contributed by atoms with Crippen LogP contribution in [0.15, 0.2) is 11.6 Å². The topological polar surface area (TPSA) is 0 Å². The Hall–Kier alpha value is -0.260. The molecular weight excluding hydrogens is 276 g/mol. The van der Waals surface area contributed by atoms with Crippen LogP contribution in [0, 0.1) is 29.1 Å². The molecule has 0 heterocycles. The van der Waals surface area contributed by atoms with Crippen LogP contribution in [0.4, 0.5) is 0 Å². The van der Waals surface area contributed by atoms with Gasteiger partial charge in [-0.25, -0.2) is 0 Å². The van der Waals surface area contributed by atoms with Crippen LogP contribution < -0.4 is 0 Å². The molecule has 0 amide bonds. The minimum absolute atomic E-state index is 0.526. The average Bonchev–Trinajstić information content (AvgIpc) is 3.05. The van der Waals surface area contributed by atoms with Gasteiger partial charge in [0.05, 0.1) is 0 Å². The van der Waals surface area contributed by atoms with Gasteiger partial charge in [-0.15, -0.1) is 0 Å². The lowest BCUT2D eigenvalue weighted by atomic mass is 9.87. The number of allylic oxidation sites excluding steroid dienone is 2. The summed E-state index contributed by atoms with van der Waals surface area (Å²) in [6.07, 6.45) is 15.0. The van der Waals surface area contributed by atoms with Crippen molar-refractivity contribution in [3.8, 4) is 0 Å². The minimum atomic E-state index is 0.526. The van der Waals surface area contributed by atoms with E-state index in [9.17, 15) is 0 Å². The minimum Gasteiger partial charge on any atom is -0.0879 e. The summed E-state index contributed by atoms with van der Waals surface area (Å²) in [6.45, 7) is 16.8. The van der Waals surface area contributed by atoms with Gasteiger partial charge in [-0.1, -0.05) is 91.7 Å². The number of hydrogen-bond donors (Lipinski definition) is 0. The van der Waals surface area contributed by atoms with Crippen molar-refractivity contribution in [2.75, 3.05) is 0 Å². The first-order valence-electron chi connectivity index (χ1n) is 10.6. The Morgan fingerprint density at radius 1 is 1.04 bits per heavy atom. The van der Waals surface area contributed by atoms with E-state index in [0.717, 1.165) is 23.7 Å². The van der Waals surface area contributed by atoms with Crippen molar-refractivity contribution in [3.05, 3.63) is 11.6 Å². The molecule has 0 N–H and O–H groups in total. The summed E-state index contributed by atoms with van der Waals surface area (Å²) in [4.78, 5) is 0. The predicted octanol–water partition coefficient (Wildman–Crippen LogP) is 8.03. The monoisotopic (exact) mass is 320 g/mol. The first-order valence-corrected chi connectivity index (χ1v) is 10.6. The Labute approximate surface area is 147 Å². The molecule has 5 unspecified atom stereocenters. The maximum absolute atomic E-state index is 2.55. The molecule has 0 aliphatic heterocycles. The molecule has 0 aromatic carbocycles. The van der Waals surface area contributed by atoms with E-state index in [0.29, 0.717) is 5.41 Å². The van der Waals surface area contributed by atoms with Gasteiger partial charge in [-0.05, 0) is 55.3 Å². The average molecular weight is 321 g/mol. The zero-order valence-electron chi connectivity index (χ0n) is 17.3. The van der Waals surface area contributed by atoms with Crippen LogP contribution in [0.5, 0.6) is 0 Å². The highest BCUT2D eigenvalue weighted by atomic mass is 14.6. The van der Waals surface area contributed by atoms with E-state index in [4.69, 9.17) is 0 Å². The van der Waals surface area contributed by atoms with Crippen LogP contribution in [-0.2, 0) is 0 Å². The van der Waals surface area contributed by atoms with Crippen LogP contribution in [-0.4, -0.2) is 0 Å². The van der Waals surface area contributed by atoms with Gasteiger partial charge in [0.2, 0.25) is 0 Å². The van der Waals surface area contributed by atoms with E-state index in [1.54, 1.807) is 5.57 Å². The molecule has 136 valence electrons. The summed E-state index contributed by atoms with van der Waals surface area (Å²) in [6, 6.07) is 0. The molecule has 23 heavy (non-hydrogen) atoms. The largest absolute Gasteiger partial charge is 0.0879 e. The third-order valence-electron chi connectivity index (χ3n) is 7.08. The molecular formula is C23H44. The summed E-state index contributed by atoms with van der Waals surface area (Å²) < 4.78 is 0. The Bertz CT molecular complexity index is 353. The second-order valence-corrected chi connectivity index (χ2v) is 8.72. The third kappa shape index (κ3) is 5.64. The van der Waals surface area contributed by atoms with Gasteiger partial charge < -0.3 is 0 Å². The third-order valence-corrected chi connectivity index (χ3v) is 7.08. The van der Waals surface area contributed by atoms with Crippen LogP contribution in [0.1, 0.15) is 106 Å². The Balaban J connectivity index is 2.41. The summed E-state index contributed by atoms with van der Waals surface area (Å²) in [5, 5.41) is 0. The van der Waals surface area contributed by atoms with Crippen molar-refractivity contribution in [2.24, 2.45) is 29.1 Å². The lowest BCUT2D eigenvalue weighted by molar-refractivity contribution is 0.438. The van der Waals surface area contributed by atoms with Crippen molar-refractivity contribution >= 4 is 0 Å². The summed E-state index contributed by atoms with van der Waals surface area (Å²) >= 11 is 0. The maximum atomic E-state index is 2.55. The smallest absolute Gasteiger partial charge is 0.00568 e. The molecule has 1 aliphatic rings. The van der Waals surface area contributed by atoms with Crippen molar-refractivity contribution in [2.45, 2.75) is 106 Å². The molecule has 0 spiro atoms. The summed E-state index contributed by atoms with van der Waals surface area (Å²) in [7, 11) is 0. The van der Waals surface area contributed by atoms with Crippen molar-refractivity contribution in [1.82, 2.24) is 0 Å². The van der Waals surface area contributed by atoms with Gasteiger partial charge in [0, 0.05) is 0 Å². The molecule has 0 heteroatoms. The molecule has 1 saturated carbocycles. The highest BCUT2D eigenvalue weighted by molar-refractivity contribution is 5.26.